The quantitative estimate of drug-likeness (QED) is 0.629. The predicted molar refractivity (Wildman–Crippen MR) is 66.7 cm³/mol. The van der Waals surface area contributed by atoms with E-state index in [0.717, 1.165) is 18.7 Å². The van der Waals surface area contributed by atoms with E-state index in [9.17, 15) is 15.0 Å². The van der Waals surface area contributed by atoms with Crippen molar-refractivity contribution < 1.29 is 19.7 Å². The fraction of sp³-hybridized carbons (Fsp3) is 0.462. The first-order valence-electron chi connectivity index (χ1n) is 6.05. The molecule has 2 rings (SSSR count). The normalized spacial score (nSPS) is 18.9. The number of benzene rings is 1. The van der Waals surface area contributed by atoms with E-state index < -0.39 is 0 Å². The number of hydrogen-bond acceptors (Lipinski definition) is 5. The Morgan fingerprint density at radius 2 is 2.22 bits per heavy atom. The number of hydrogen-bond donors (Lipinski definition) is 2. The van der Waals surface area contributed by atoms with Gasteiger partial charge < -0.3 is 19.8 Å². The van der Waals surface area contributed by atoms with Crippen LogP contribution in [0.5, 0.6) is 11.5 Å². The minimum atomic E-state index is -0.164. The van der Waals surface area contributed by atoms with Crippen LogP contribution in [0.15, 0.2) is 18.2 Å². The van der Waals surface area contributed by atoms with Gasteiger partial charge in [0.25, 0.3) is 0 Å². The van der Waals surface area contributed by atoms with E-state index in [1.165, 1.54) is 12.1 Å². The van der Waals surface area contributed by atoms with Crippen LogP contribution in [0.4, 0.5) is 5.69 Å². The Kier molecular flexibility index (Phi) is 3.60. The van der Waals surface area contributed by atoms with Crippen LogP contribution < -0.4 is 4.90 Å². The lowest BCUT2D eigenvalue weighted by molar-refractivity contribution is -0.147. The lowest BCUT2D eigenvalue weighted by Gasteiger charge is -2.18. The van der Waals surface area contributed by atoms with E-state index in [-0.39, 0.29) is 23.4 Å². The van der Waals surface area contributed by atoms with Crippen molar-refractivity contribution in [3.8, 4) is 11.5 Å². The number of anilines is 1. The second kappa shape index (κ2) is 5.16. The molecular weight excluding hydrogens is 234 g/mol. The van der Waals surface area contributed by atoms with Crippen molar-refractivity contribution in [2.75, 3.05) is 24.6 Å². The highest BCUT2D eigenvalue weighted by Crippen LogP contribution is 2.32. The summed E-state index contributed by atoms with van der Waals surface area (Å²) in [6.07, 6.45) is 0.750. The third-order valence-electron chi connectivity index (χ3n) is 3.13. The zero-order chi connectivity index (χ0) is 13.1. The van der Waals surface area contributed by atoms with Gasteiger partial charge in [-0.3, -0.25) is 4.79 Å². The minimum Gasteiger partial charge on any atom is -0.504 e. The summed E-state index contributed by atoms with van der Waals surface area (Å²) in [7, 11) is 0. The Balaban J connectivity index is 2.04. The van der Waals surface area contributed by atoms with Crippen LogP contribution in [0.25, 0.3) is 0 Å². The van der Waals surface area contributed by atoms with Gasteiger partial charge >= 0.3 is 5.97 Å². The van der Waals surface area contributed by atoms with Crippen molar-refractivity contribution in [2.24, 2.45) is 5.92 Å². The Morgan fingerprint density at radius 3 is 2.89 bits per heavy atom. The summed E-state index contributed by atoms with van der Waals surface area (Å²) in [6.45, 7) is 3.52. The molecule has 98 valence electrons. The molecule has 0 aliphatic carbocycles. The highest BCUT2D eigenvalue weighted by Gasteiger charge is 2.29. The lowest BCUT2D eigenvalue weighted by atomic mass is 10.1. The molecule has 1 aliphatic rings. The molecule has 1 heterocycles. The fourth-order valence-electron chi connectivity index (χ4n) is 2.16. The van der Waals surface area contributed by atoms with Crippen LogP contribution >= 0.6 is 0 Å². The number of aromatic hydroxyl groups is 2. The molecule has 1 fully saturated rings. The van der Waals surface area contributed by atoms with Crippen LogP contribution in [0.2, 0.25) is 0 Å². The Hall–Kier alpha value is -1.91. The summed E-state index contributed by atoms with van der Waals surface area (Å²) in [5.41, 5.74) is 0.803. The monoisotopic (exact) mass is 251 g/mol. The molecule has 0 bridgehead atoms. The summed E-state index contributed by atoms with van der Waals surface area (Å²) >= 11 is 0. The second-order valence-corrected chi connectivity index (χ2v) is 4.36. The molecule has 2 N–H and O–H groups in total. The van der Waals surface area contributed by atoms with E-state index in [1.54, 1.807) is 13.0 Å². The summed E-state index contributed by atoms with van der Waals surface area (Å²) in [6, 6.07) is 4.67. The van der Waals surface area contributed by atoms with Crippen LogP contribution in [0.3, 0.4) is 0 Å². The van der Waals surface area contributed by atoms with Crippen molar-refractivity contribution in [1.82, 2.24) is 0 Å². The molecule has 18 heavy (non-hydrogen) atoms. The average Bonchev–Trinajstić information content (AvgIpc) is 2.82. The molecule has 0 radical (unpaired) electrons. The smallest absolute Gasteiger partial charge is 0.310 e. The molecule has 1 aromatic rings. The Morgan fingerprint density at radius 1 is 1.44 bits per heavy atom. The van der Waals surface area contributed by atoms with E-state index in [2.05, 4.69) is 0 Å². The molecular formula is C13H17NO4. The fourth-order valence-corrected chi connectivity index (χ4v) is 2.16. The van der Waals surface area contributed by atoms with Gasteiger partial charge in [-0.05, 0) is 25.5 Å². The van der Waals surface area contributed by atoms with E-state index in [1.807, 2.05) is 4.90 Å². The summed E-state index contributed by atoms with van der Waals surface area (Å²) in [5.74, 6) is -0.559. The molecule has 0 aromatic heterocycles. The molecule has 5 heteroatoms. The van der Waals surface area contributed by atoms with Gasteiger partial charge in [0, 0.05) is 24.8 Å². The standard InChI is InChI=1S/C13H17NO4/c1-2-18-13(17)9-5-6-14(8-9)10-3-4-11(15)12(16)7-10/h3-4,7,9,15-16H,2,5-6,8H2,1H3. The van der Waals surface area contributed by atoms with Crippen molar-refractivity contribution in [2.45, 2.75) is 13.3 Å². The summed E-state index contributed by atoms with van der Waals surface area (Å²) in [4.78, 5) is 13.6. The number of ether oxygens (including phenoxy) is 1. The van der Waals surface area contributed by atoms with Crippen molar-refractivity contribution in [3.05, 3.63) is 18.2 Å². The maximum absolute atomic E-state index is 11.6. The molecule has 1 unspecified atom stereocenters. The Bertz CT molecular complexity index is 447. The second-order valence-electron chi connectivity index (χ2n) is 4.36. The predicted octanol–water partition coefficient (Wildman–Crippen LogP) is 1.49. The van der Waals surface area contributed by atoms with Gasteiger partial charge in [0.15, 0.2) is 11.5 Å². The Labute approximate surface area is 106 Å². The van der Waals surface area contributed by atoms with Crippen molar-refractivity contribution >= 4 is 11.7 Å². The van der Waals surface area contributed by atoms with Crippen LogP contribution in [-0.2, 0) is 9.53 Å². The topological polar surface area (TPSA) is 70.0 Å². The molecule has 0 spiro atoms. The minimum absolute atomic E-state index is 0.110. The van der Waals surface area contributed by atoms with Gasteiger partial charge in [-0.1, -0.05) is 0 Å². The van der Waals surface area contributed by atoms with E-state index >= 15 is 0 Å². The average molecular weight is 251 g/mol. The molecule has 1 aromatic carbocycles. The van der Waals surface area contributed by atoms with Gasteiger partial charge in [-0.2, -0.15) is 0 Å². The SMILES string of the molecule is CCOC(=O)C1CCN(c2ccc(O)c(O)c2)C1. The first kappa shape index (κ1) is 12.5. The third-order valence-corrected chi connectivity index (χ3v) is 3.13. The highest BCUT2D eigenvalue weighted by molar-refractivity contribution is 5.74. The van der Waals surface area contributed by atoms with Crippen LogP contribution in [-0.4, -0.2) is 35.9 Å². The van der Waals surface area contributed by atoms with E-state index in [0.29, 0.717) is 13.2 Å². The van der Waals surface area contributed by atoms with Crippen molar-refractivity contribution in [3.63, 3.8) is 0 Å². The summed E-state index contributed by atoms with van der Waals surface area (Å²) in [5, 5.41) is 18.7. The van der Waals surface area contributed by atoms with Crippen LogP contribution in [0, 0.1) is 5.92 Å². The van der Waals surface area contributed by atoms with Gasteiger partial charge in [0.2, 0.25) is 0 Å². The first-order chi connectivity index (χ1) is 8.61. The molecule has 1 saturated heterocycles. The maximum atomic E-state index is 11.6. The van der Waals surface area contributed by atoms with Gasteiger partial charge in [0.05, 0.1) is 12.5 Å². The number of rotatable bonds is 3. The molecule has 0 amide bonds. The number of phenols is 2. The maximum Gasteiger partial charge on any atom is 0.310 e. The number of carbonyl (C=O) groups is 1. The highest BCUT2D eigenvalue weighted by atomic mass is 16.5. The zero-order valence-electron chi connectivity index (χ0n) is 10.3. The van der Waals surface area contributed by atoms with Gasteiger partial charge in [0.1, 0.15) is 0 Å². The van der Waals surface area contributed by atoms with Crippen molar-refractivity contribution in [1.29, 1.82) is 0 Å². The van der Waals surface area contributed by atoms with Gasteiger partial charge in [-0.15, -0.1) is 0 Å². The molecule has 1 atom stereocenters. The van der Waals surface area contributed by atoms with Crippen LogP contribution in [0.1, 0.15) is 13.3 Å². The summed E-state index contributed by atoms with van der Waals surface area (Å²) < 4.78 is 5.00. The number of carbonyl (C=O) groups excluding carboxylic acids is 1. The molecule has 1 aliphatic heterocycles. The largest absolute Gasteiger partial charge is 0.504 e. The van der Waals surface area contributed by atoms with E-state index in [4.69, 9.17) is 4.74 Å². The number of phenolic OH excluding ortho intramolecular Hbond substituents is 2. The molecule has 5 nitrogen and oxygen atoms in total. The number of nitrogens with zero attached hydrogens (tertiary/aromatic N) is 1. The first-order valence-corrected chi connectivity index (χ1v) is 6.05. The lowest BCUT2D eigenvalue weighted by Crippen LogP contribution is -2.24. The molecule has 0 saturated carbocycles. The number of esters is 1. The third kappa shape index (κ3) is 2.50. The zero-order valence-corrected chi connectivity index (χ0v) is 10.3. The van der Waals surface area contributed by atoms with Gasteiger partial charge in [-0.25, -0.2) is 0 Å².